The Morgan fingerprint density at radius 1 is 1.20 bits per heavy atom. The Morgan fingerprint density at radius 2 is 1.90 bits per heavy atom. The lowest BCUT2D eigenvalue weighted by atomic mass is 9.93. The van der Waals surface area contributed by atoms with Gasteiger partial charge in [-0.3, -0.25) is 9.69 Å². The van der Waals surface area contributed by atoms with Crippen LogP contribution < -0.4 is 4.74 Å². The lowest BCUT2D eigenvalue weighted by Crippen LogP contribution is -2.46. The molecular weight excluding hydrogens is 400 g/mol. The Morgan fingerprint density at radius 3 is 2.53 bits per heavy atom. The average Bonchev–Trinajstić information content (AvgIpc) is 3.23. The largest absolute Gasteiger partial charge is 0.497 e. The molecule has 0 saturated carbocycles. The maximum atomic E-state index is 13.9. The molecule has 1 amide bonds. The minimum Gasteiger partial charge on any atom is -0.497 e. The molecule has 0 spiro atoms. The summed E-state index contributed by atoms with van der Waals surface area (Å²) in [5.74, 6) is 0.818. The van der Waals surface area contributed by atoms with E-state index in [9.17, 15) is 4.79 Å². The summed E-state index contributed by atoms with van der Waals surface area (Å²) in [6.45, 7) is 0.614. The number of likely N-dealkylation sites (N-methyl/N-ethyl adjacent to an activating group) is 1. The highest BCUT2D eigenvalue weighted by atomic mass is 35.5. The van der Waals surface area contributed by atoms with Crippen molar-refractivity contribution < 1.29 is 9.53 Å². The number of benzene rings is 2. The summed E-state index contributed by atoms with van der Waals surface area (Å²) in [6.07, 6.45) is 2.45. The fourth-order valence-corrected chi connectivity index (χ4v) is 4.23. The first-order chi connectivity index (χ1) is 14.5. The lowest BCUT2D eigenvalue weighted by molar-refractivity contribution is -0.138. The van der Waals surface area contributed by atoms with Crippen LogP contribution in [-0.2, 0) is 11.2 Å². The second-order valence-corrected chi connectivity index (χ2v) is 8.08. The van der Waals surface area contributed by atoms with Crippen LogP contribution in [0.2, 0.25) is 5.02 Å². The summed E-state index contributed by atoms with van der Waals surface area (Å²) in [6, 6.07) is 14.6. The van der Waals surface area contributed by atoms with Crippen molar-refractivity contribution in [2.75, 3.05) is 27.7 Å². The van der Waals surface area contributed by atoms with Crippen molar-refractivity contribution in [2.45, 2.75) is 18.5 Å². The van der Waals surface area contributed by atoms with Gasteiger partial charge in [0.2, 0.25) is 5.91 Å². The van der Waals surface area contributed by atoms with Crippen LogP contribution in [0, 0.1) is 0 Å². The van der Waals surface area contributed by atoms with E-state index < -0.39 is 6.04 Å². The molecule has 0 saturated heterocycles. The molecule has 1 aliphatic heterocycles. The molecule has 0 fully saturated rings. The maximum Gasteiger partial charge on any atom is 0.245 e. The van der Waals surface area contributed by atoms with Crippen LogP contribution >= 0.6 is 11.6 Å². The van der Waals surface area contributed by atoms with Gasteiger partial charge in [0, 0.05) is 23.7 Å². The molecule has 2 heterocycles. The average molecular weight is 425 g/mol. The zero-order valence-corrected chi connectivity index (χ0v) is 18.1. The first kappa shape index (κ1) is 20.4. The molecule has 7 heteroatoms. The molecule has 0 radical (unpaired) electrons. The lowest BCUT2D eigenvalue weighted by Gasteiger charge is -2.39. The molecule has 30 heavy (non-hydrogen) atoms. The molecule has 2 atom stereocenters. The molecule has 0 bridgehead atoms. The number of halogens is 1. The number of aromatic nitrogens is 2. The SMILES string of the molecule is COc1ccc([C@H]2c3nc[nH]c3CCN2C(=O)[C@@H](c2ccc(Cl)cc2)N(C)C)cc1. The number of carbonyl (C=O) groups excluding carboxylic acids is 1. The van der Waals surface area contributed by atoms with E-state index >= 15 is 0 Å². The highest BCUT2D eigenvalue weighted by molar-refractivity contribution is 6.30. The minimum absolute atomic E-state index is 0.0387. The molecule has 1 N–H and O–H groups in total. The molecule has 6 nitrogen and oxygen atoms in total. The number of aromatic amines is 1. The quantitative estimate of drug-likeness (QED) is 0.675. The number of hydrogen-bond acceptors (Lipinski definition) is 4. The summed E-state index contributed by atoms with van der Waals surface area (Å²) in [5.41, 5.74) is 3.89. The number of rotatable bonds is 5. The van der Waals surface area contributed by atoms with Gasteiger partial charge >= 0.3 is 0 Å². The van der Waals surface area contributed by atoms with Gasteiger partial charge in [0.25, 0.3) is 0 Å². The zero-order valence-electron chi connectivity index (χ0n) is 17.3. The van der Waals surface area contributed by atoms with E-state index in [1.54, 1.807) is 13.4 Å². The van der Waals surface area contributed by atoms with Crippen LogP contribution in [0.3, 0.4) is 0 Å². The third-order valence-corrected chi connectivity index (χ3v) is 5.83. The Labute approximate surface area is 181 Å². The summed E-state index contributed by atoms with van der Waals surface area (Å²) in [7, 11) is 5.48. The van der Waals surface area contributed by atoms with E-state index in [4.69, 9.17) is 16.3 Å². The van der Waals surface area contributed by atoms with Crippen molar-refractivity contribution >= 4 is 17.5 Å². The second kappa shape index (κ2) is 8.50. The summed E-state index contributed by atoms with van der Waals surface area (Å²) < 4.78 is 5.30. The summed E-state index contributed by atoms with van der Waals surface area (Å²) in [5, 5.41) is 0.652. The van der Waals surface area contributed by atoms with Gasteiger partial charge in [-0.1, -0.05) is 35.9 Å². The van der Waals surface area contributed by atoms with Gasteiger partial charge in [0.15, 0.2) is 0 Å². The number of nitrogens with one attached hydrogen (secondary N) is 1. The third kappa shape index (κ3) is 3.80. The molecule has 2 aromatic carbocycles. The second-order valence-electron chi connectivity index (χ2n) is 7.64. The molecule has 4 rings (SSSR count). The van der Waals surface area contributed by atoms with Gasteiger partial charge in [-0.25, -0.2) is 4.98 Å². The number of nitrogens with zero attached hydrogens (tertiary/aromatic N) is 3. The molecule has 0 aliphatic carbocycles. The van der Waals surface area contributed by atoms with Crippen molar-refractivity contribution in [3.63, 3.8) is 0 Å². The highest BCUT2D eigenvalue weighted by Crippen LogP contribution is 2.36. The van der Waals surface area contributed by atoms with Crippen LogP contribution in [0.25, 0.3) is 0 Å². The number of methoxy groups -OCH3 is 1. The van der Waals surface area contributed by atoms with Crippen molar-refractivity contribution in [3.05, 3.63) is 82.4 Å². The summed E-state index contributed by atoms with van der Waals surface area (Å²) in [4.78, 5) is 25.5. The minimum atomic E-state index is -0.413. The van der Waals surface area contributed by atoms with Crippen LogP contribution in [-0.4, -0.2) is 53.4 Å². The Hall–Kier alpha value is -2.83. The number of imidazole rings is 1. The monoisotopic (exact) mass is 424 g/mol. The van der Waals surface area contributed by atoms with Crippen LogP contribution in [0.1, 0.15) is 34.6 Å². The van der Waals surface area contributed by atoms with Crippen molar-refractivity contribution in [2.24, 2.45) is 0 Å². The summed E-state index contributed by atoms with van der Waals surface area (Å²) >= 11 is 6.06. The number of H-pyrrole nitrogens is 1. The Bertz CT molecular complexity index is 1010. The predicted octanol–water partition coefficient (Wildman–Crippen LogP) is 3.85. The van der Waals surface area contributed by atoms with E-state index in [-0.39, 0.29) is 11.9 Å². The van der Waals surface area contributed by atoms with E-state index in [0.717, 1.165) is 34.7 Å². The maximum absolute atomic E-state index is 13.9. The van der Waals surface area contributed by atoms with Gasteiger partial charge in [-0.2, -0.15) is 0 Å². The van der Waals surface area contributed by atoms with Crippen molar-refractivity contribution in [1.29, 1.82) is 0 Å². The van der Waals surface area contributed by atoms with Gasteiger partial charge in [-0.15, -0.1) is 0 Å². The number of hydrogen-bond donors (Lipinski definition) is 1. The van der Waals surface area contributed by atoms with Gasteiger partial charge in [-0.05, 0) is 49.5 Å². The van der Waals surface area contributed by atoms with Crippen molar-refractivity contribution in [3.8, 4) is 5.75 Å². The van der Waals surface area contributed by atoms with Gasteiger partial charge in [0.1, 0.15) is 17.8 Å². The number of fused-ring (bicyclic) bond motifs is 1. The molecule has 1 aromatic heterocycles. The Balaban J connectivity index is 1.74. The van der Waals surface area contributed by atoms with E-state index in [1.165, 1.54) is 0 Å². The zero-order chi connectivity index (χ0) is 21.3. The molecule has 1 aliphatic rings. The standard InChI is InChI=1S/C23H25ClN4O2/c1-27(2)22(16-4-8-17(24)9-5-16)23(29)28-13-12-19-20(26-14-25-19)21(28)15-6-10-18(30-3)11-7-15/h4-11,14,21-22H,12-13H2,1-3H3,(H,25,26)/t21-,22+/m0/s1. The van der Waals surface area contributed by atoms with Gasteiger partial charge < -0.3 is 14.6 Å². The van der Waals surface area contributed by atoms with Crippen molar-refractivity contribution in [1.82, 2.24) is 19.8 Å². The normalized spacial score (nSPS) is 17.0. The van der Waals surface area contributed by atoms with E-state index in [2.05, 4.69) is 9.97 Å². The molecule has 3 aromatic rings. The fraction of sp³-hybridized carbons (Fsp3) is 0.304. The van der Waals surface area contributed by atoms with E-state index in [0.29, 0.717) is 11.6 Å². The van der Waals surface area contributed by atoms with E-state index in [1.807, 2.05) is 72.4 Å². The molecular formula is C23H25ClN4O2. The number of ether oxygens (including phenoxy) is 1. The third-order valence-electron chi connectivity index (χ3n) is 5.58. The number of amides is 1. The topological polar surface area (TPSA) is 61.5 Å². The highest BCUT2D eigenvalue weighted by Gasteiger charge is 2.38. The predicted molar refractivity (Wildman–Crippen MR) is 117 cm³/mol. The van der Waals surface area contributed by atoms with Crippen LogP contribution in [0.4, 0.5) is 0 Å². The number of carbonyl (C=O) groups is 1. The van der Waals surface area contributed by atoms with Crippen LogP contribution in [0.5, 0.6) is 5.75 Å². The first-order valence-corrected chi connectivity index (χ1v) is 10.3. The Kier molecular flexibility index (Phi) is 5.79. The smallest absolute Gasteiger partial charge is 0.245 e. The molecule has 156 valence electrons. The molecule has 0 unspecified atom stereocenters. The van der Waals surface area contributed by atoms with Gasteiger partial charge in [0.05, 0.1) is 19.1 Å². The first-order valence-electron chi connectivity index (χ1n) is 9.88. The van der Waals surface area contributed by atoms with Crippen LogP contribution in [0.15, 0.2) is 54.9 Å². The fourth-order valence-electron chi connectivity index (χ4n) is 4.10.